The van der Waals surface area contributed by atoms with Crippen molar-refractivity contribution in [1.29, 1.82) is 0 Å². The lowest BCUT2D eigenvalue weighted by Crippen LogP contribution is -2.39. The van der Waals surface area contributed by atoms with Crippen molar-refractivity contribution in [3.63, 3.8) is 0 Å². The Morgan fingerprint density at radius 3 is 2.86 bits per heavy atom. The summed E-state index contributed by atoms with van der Waals surface area (Å²) < 4.78 is 5.53. The van der Waals surface area contributed by atoms with Gasteiger partial charge < -0.3 is 10.1 Å². The average Bonchev–Trinajstić information content (AvgIpc) is 2.95. The first-order valence-electron chi connectivity index (χ1n) is 7.91. The molecule has 0 amide bonds. The zero-order valence-electron chi connectivity index (χ0n) is 13.2. The minimum Gasteiger partial charge on any atom is -0.494 e. The fourth-order valence-electron chi connectivity index (χ4n) is 3.75. The molecule has 0 saturated carbocycles. The van der Waals surface area contributed by atoms with Gasteiger partial charge in [0.15, 0.2) is 0 Å². The molecule has 0 bridgehead atoms. The van der Waals surface area contributed by atoms with Crippen molar-refractivity contribution in [3.8, 4) is 5.75 Å². The lowest BCUT2D eigenvalue weighted by Gasteiger charge is -2.39. The summed E-state index contributed by atoms with van der Waals surface area (Å²) in [6, 6.07) is 3.75. The zero-order valence-corrected chi connectivity index (χ0v) is 13.2. The minimum atomic E-state index is -0.315. The lowest BCUT2D eigenvalue weighted by molar-refractivity contribution is -0.384. The van der Waals surface area contributed by atoms with Crippen LogP contribution in [0.25, 0.3) is 0 Å². The van der Waals surface area contributed by atoms with Gasteiger partial charge in [0.25, 0.3) is 5.69 Å². The van der Waals surface area contributed by atoms with E-state index in [1.807, 2.05) is 13.0 Å². The first kappa shape index (κ1) is 14.9. The van der Waals surface area contributed by atoms with Gasteiger partial charge in [0.2, 0.25) is 0 Å². The molecule has 3 rings (SSSR count). The molecule has 1 N–H and O–H groups in total. The number of anilines is 1. The average molecular weight is 302 g/mol. The van der Waals surface area contributed by atoms with E-state index in [1.54, 1.807) is 0 Å². The summed E-state index contributed by atoms with van der Waals surface area (Å²) in [7, 11) is 0. The van der Waals surface area contributed by atoms with Crippen LogP contribution in [0, 0.1) is 22.0 Å². The number of rotatable bonds is 4. The number of nitrogens with zero attached hydrogens (tertiary/aromatic N) is 1. The summed E-state index contributed by atoms with van der Waals surface area (Å²) in [5.41, 5.74) is 1.78. The number of ether oxygens (including phenoxy) is 1. The van der Waals surface area contributed by atoms with E-state index < -0.39 is 0 Å². The van der Waals surface area contributed by atoms with Gasteiger partial charge in [-0.05, 0) is 36.8 Å². The Balaban J connectivity index is 2.14. The number of nitro benzene ring substituents is 1. The monoisotopic (exact) mass is 302 g/mol. The molecule has 118 valence electrons. The Kier molecular flexibility index (Phi) is 3.81. The fourth-order valence-corrected chi connectivity index (χ4v) is 3.75. The standard InChI is InChI=1S/C17H22N2O3/c1-4-22-11-8-14-12-6-5-7-13(12)16(10(2)3)18-17(14)15(9-11)19(20)21/h5-6,8-10,12-13,16,18H,4,7H2,1-3H3/t12-,13-,16+/m1/s1. The van der Waals surface area contributed by atoms with Crippen molar-refractivity contribution >= 4 is 11.4 Å². The smallest absolute Gasteiger partial charge is 0.296 e. The van der Waals surface area contributed by atoms with E-state index in [0.717, 1.165) is 12.0 Å². The number of fused-ring (bicyclic) bond motifs is 3. The Bertz CT molecular complexity index is 625. The molecule has 1 aromatic carbocycles. The molecule has 2 aliphatic rings. The van der Waals surface area contributed by atoms with E-state index in [2.05, 4.69) is 31.3 Å². The quantitative estimate of drug-likeness (QED) is 0.516. The van der Waals surface area contributed by atoms with Crippen molar-refractivity contribution in [2.45, 2.75) is 39.2 Å². The second-order valence-corrected chi connectivity index (χ2v) is 6.36. The van der Waals surface area contributed by atoms with Gasteiger partial charge in [0.05, 0.1) is 17.6 Å². The van der Waals surface area contributed by atoms with Gasteiger partial charge in [-0.3, -0.25) is 10.1 Å². The van der Waals surface area contributed by atoms with Crippen molar-refractivity contribution in [2.75, 3.05) is 11.9 Å². The summed E-state index contributed by atoms with van der Waals surface area (Å²) >= 11 is 0. The highest BCUT2D eigenvalue weighted by Gasteiger charge is 2.41. The van der Waals surface area contributed by atoms with E-state index in [1.165, 1.54) is 6.07 Å². The molecule has 1 aromatic rings. The Hall–Kier alpha value is -2.04. The van der Waals surface area contributed by atoms with Gasteiger partial charge in [-0.15, -0.1) is 0 Å². The number of allylic oxidation sites excluding steroid dienone is 2. The molecular formula is C17H22N2O3. The molecule has 1 aliphatic carbocycles. The molecule has 0 unspecified atom stereocenters. The molecule has 5 heteroatoms. The Morgan fingerprint density at radius 2 is 2.23 bits per heavy atom. The van der Waals surface area contributed by atoms with Crippen molar-refractivity contribution in [3.05, 3.63) is 40.0 Å². The Morgan fingerprint density at radius 1 is 1.45 bits per heavy atom. The predicted octanol–water partition coefficient (Wildman–Crippen LogP) is 4.10. The maximum atomic E-state index is 11.5. The van der Waals surface area contributed by atoms with E-state index in [0.29, 0.717) is 29.9 Å². The molecule has 5 nitrogen and oxygen atoms in total. The number of benzene rings is 1. The Labute approximate surface area is 130 Å². The highest BCUT2D eigenvalue weighted by molar-refractivity contribution is 5.72. The van der Waals surface area contributed by atoms with Crippen LogP contribution in [0.1, 0.15) is 38.7 Å². The molecule has 0 radical (unpaired) electrons. The molecule has 22 heavy (non-hydrogen) atoms. The number of hydrogen-bond donors (Lipinski definition) is 1. The van der Waals surface area contributed by atoms with Crippen LogP contribution in [-0.2, 0) is 0 Å². The minimum absolute atomic E-state index is 0.116. The second kappa shape index (κ2) is 5.63. The van der Waals surface area contributed by atoms with Crippen LogP contribution in [0.5, 0.6) is 5.75 Å². The SMILES string of the molecule is CCOc1cc2c(c([N+](=O)[O-])c1)N[C@@H](C(C)C)[C@@H]1CC=C[C@@H]21. The molecule has 1 heterocycles. The van der Waals surface area contributed by atoms with Crippen LogP contribution in [0.4, 0.5) is 11.4 Å². The molecule has 1 aliphatic heterocycles. The van der Waals surface area contributed by atoms with Crippen molar-refractivity contribution in [2.24, 2.45) is 11.8 Å². The van der Waals surface area contributed by atoms with Crippen LogP contribution < -0.4 is 10.1 Å². The highest BCUT2D eigenvalue weighted by Crippen LogP contribution is 2.50. The summed E-state index contributed by atoms with van der Waals surface area (Å²) in [5, 5.41) is 14.9. The van der Waals surface area contributed by atoms with Crippen LogP contribution in [0.2, 0.25) is 0 Å². The summed E-state index contributed by atoms with van der Waals surface area (Å²) in [5.74, 6) is 1.70. The molecule has 3 atom stereocenters. The lowest BCUT2D eigenvalue weighted by atomic mass is 9.75. The largest absolute Gasteiger partial charge is 0.494 e. The van der Waals surface area contributed by atoms with Crippen LogP contribution >= 0.6 is 0 Å². The van der Waals surface area contributed by atoms with E-state index >= 15 is 0 Å². The van der Waals surface area contributed by atoms with Gasteiger partial charge in [-0.1, -0.05) is 26.0 Å². The maximum Gasteiger partial charge on any atom is 0.296 e. The highest BCUT2D eigenvalue weighted by atomic mass is 16.6. The molecule has 0 aromatic heterocycles. The van der Waals surface area contributed by atoms with E-state index in [9.17, 15) is 10.1 Å². The van der Waals surface area contributed by atoms with Crippen molar-refractivity contribution in [1.82, 2.24) is 0 Å². The number of nitrogens with one attached hydrogen (secondary N) is 1. The van der Waals surface area contributed by atoms with Gasteiger partial charge in [0.1, 0.15) is 11.4 Å². The first-order chi connectivity index (χ1) is 10.5. The predicted molar refractivity (Wildman–Crippen MR) is 86.5 cm³/mol. The summed E-state index contributed by atoms with van der Waals surface area (Å²) in [6.45, 7) is 6.72. The third-order valence-corrected chi connectivity index (χ3v) is 4.69. The van der Waals surface area contributed by atoms with Gasteiger partial charge in [-0.25, -0.2) is 0 Å². The second-order valence-electron chi connectivity index (χ2n) is 6.36. The third kappa shape index (κ3) is 2.34. The summed E-state index contributed by atoms with van der Waals surface area (Å²) in [4.78, 5) is 11.2. The topological polar surface area (TPSA) is 64.4 Å². The third-order valence-electron chi connectivity index (χ3n) is 4.69. The van der Waals surface area contributed by atoms with Gasteiger partial charge >= 0.3 is 0 Å². The maximum absolute atomic E-state index is 11.5. The van der Waals surface area contributed by atoms with Gasteiger partial charge in [0, 0.05) is 12.0 Å². The van der Waals surface area contributed by atoms with Crippen LogP contribution in [0.3, 0.4) is 0 Å². The molecule has 0 spiro atoms. The molecule has 0 fully saturated rings. The summed E-state index contributed by atoms with van der Waals surface area (Å²) in [6.07, 6.45) is 5.41. The fraction of sp³-hybridized carbons (Fsp3) is 0.529. The molecule has 0 saturated heterocycles. The number of hydrogen-bond acceptors (Lipinski definition) is 4. The molecular weight excluding hydrogens is 280 g/mol. The van der Waals surface area contributed by atoms with E-state index in [4.69, 9.17) is 4.74 Å². The van der Waals surface area contributed by atoms with Crippen LogP contribution in [-0.4, -0.2) is 17.6 Å². The normalized spacial score (nSPS) is 25.5. The number of nitro groups is 1. The van der Waals surface area contributed by atoms with Gasteiger partial charge in [-0.2, -0.15) is 0 Å². The first-order valence-corrected chi connectivity index (χ1v) is 7.91. The van der Waals surface area contributed by atoms with Crippen molar-refractivity contribution < 1.29 is 9.66 Å². The van der Waals surface area contributed by atoms with Crippen LogP contribution in [0.15, 0.2) is 24.3 Å². The zero-order chi connectivity index (χ0) is 15.9. The van der Waals surface area contributed by atoms with E-state index in [-0.39, 0.29) is 22.6 Å².